The number of hydrogen-bond acceptors (Lipinski definition) is 1. The molecule has 0 N–H and O–H groups in total. The van der Waals surface area contributed by atoms with Crippen LogP contribution in [-0.2, 0) is 0 Å². The van der Waals surface area contributed by atoms with Crippen LogP contribution in [0.5, 0.6) is 0 Å². The molecule has 0 heterocycles. The molecular weight excluding hydrogens is 268 g/mol. The van der Waals surface area contributed by atoms with E-state index in [1.54, 1.807) is 0 Å². The Kier molecular flexibility index (Phi) is 5.19. The lowest BCUT2D eigenvalue weighted by Gasteiger charge is -2.07. The highest BCUT2D eigenvalue weighted by Gasteiger charge is 2.16. The van der Waals surface area contributed by atoms with Crippen LogP contribution in [0.3, 0.4) is 0 Å². The molecule has 8 heavy (non-hydrogen) atoms. The van der Waals surface area contributed by atoms with E-state index in [9.17, 15) is 0 Å². The third kappa shape index (κ3) is 7.53. The smallest absolute Gasteiger partial charge is 0.179 e. The fourth-order valence-corrected chi connectivity index (χ4v) is 3.32. The minimum absolute atomic E-state index is 1.000. The Labute approximate surface area is 73.0 Å². The molecule has 4 heteroatoms. The molecular formula is C4H10Br2SSi. The van der Waals surface area contributed by atoms with Gasteiger partial charge >= 0.3 is 0 Å². The molecule has 0 aromatic heterocycles. The maximum atomic E-state index is 4.11. The molecule has 0 aromatic carbocycles. The molecule has 0 fully saturated rings. The third-order valence-electron chi connectivity index (χ3n) is 0.774. The second-order valence-corrected chi connectivity index (χ2v) is 18.7. The van der Waals surface area contributed by atoms with Gasteiger partial charge in [0.1, 0.15) is 0 Å². The minimum Gasteiger partial charge on any atom is -0.179 e. The van der Waals surface area contributed by atoms with Crippen molar-refractivity contribution in [2.45, 2.75) is 19.0 Å². The maximum Gasteiger partial charge on any atom is 0.198 e. The van der Waals surface area contributed by atoms with Gasteiger partial charge in [-0.2, -0.15) is 12.6 Å². The molecule has 0 saturated heterocycles. The van der Waals surface area contributed by atoms with Crippen LogP contribution >= 0.6 is 43.2 Å². The molecule has 0 aromatic rings. The first-order valence-electron chi connectivity index (χ1n) is 2.55. The molecule has 0 unspecified atom stereocenters. The molecule has 0 aliphatic heterocycles. The standard InChI is InChI=1S/C4H10Br2SSi/c1-8(5,6)4-2-3-7/h7H,2-4H2,1H3. The molecule has 0 aliphatic carbocycles. The van der Waals surface area contributed by atoms with Crippen molar-refractivity contribution in [1.29, 1.82) is 0 Å². The number of rotatable bonds is 3. The molecule has 0 amide bonds. The third-order valence-corrected chi connectivity index (χ3v) is 4.70. The predicted molar refractivity (Wildman–Crippen MR) is 52.7 cm³/mol. The maximum absolute atomic E-state index is 4.11. The summed E-state index contributed by atoms with van der Waals surface area (Å²) >= 11 is 11.3. The van der Waals surface area contributed by atoms with Crippen molar-refractivity contribution in [2.75, 3.05) is 5.75 Å². The van der Waals surface area contributed by atoms with E-state index < -0.39 is 5.31 Å². The number of thiol groups is 1. The Bertz CT molecular complexity index is 61.5. The van der Waals surface area contributed by atoms with Gasteiger partial charge in [0.05, 0.1) is 0 Å². The van der Waals surface area contributed by atoms with Crippen LogP contribution in [0.4, 0.5) is 0 Å². The van der Waals surface area contributed by atoms with Crippen molar-refractivity contribution >= 4 is 48.5 Å². The number of hydrogen-bond donors (Lipinski definition) is 1. The van der Waals surface area contributed by atoms with Crippen molar-refractivity contribution in [2.24, 2.45) is 0 Å². The molecule has 0 atom stereocenters. The normalized spacial score (nSPS) is 12.0. The lowest BCUT2D eigenvalue weighted by molar-refractivity contribution is 1.09. The predicted octanol–water partition coefficient (Wildman–Crippen LogP) is 3.17. The Morgan fingerprint density at radius 1 is 1.50 bits per heavy atom. The van der Waals surface area contributed by atoms with E-state index in [0.29, 0.717) is 0 Å². The molecule has 0 bridgehead atoms. The largest absolute Gasteiger partial charge is 0.198 e. The molecule has 0 rings (SSSR count). The summed E-state index contributed by atoms with van der Waals surface area (Å²) in [6.07, 6.45) is 1.21. The monoisotopic (exact) mass is 276 g/mol. The van der Waals surface area contributed by atoms with Crippen LogP contribution < -0.4 is 0 Å². The lowest BCUT2D eigenvalue weighted by Crippen LogP contribution is -2.09. The minimum atomic E-state index is -1.10. The summed E-state index contributed by atoms with van der Waals surface area (Å²) in [5, 5.41) is -1.10. The Balaban J connectivity index is 3.11. The van der Waals surface area contributed by atoms with Crippen LogP contribution in [0.15, 0.2) is 0 Å². The molecule has 0 nitrogen and oxygen atoms in total. The average molecular weight is 278 g/mol. The fourth-order valence-electron chi connectivity index (χ4n) is 0.389. The second-order valence-electron chi connectivity index (χ2n) is 1.90. The van der Waals surface area contributed by atoms with Crippen molar-refractivity contribution < 1.29 is 0 Å². The summed E-state index contributed by atoms with van der Waals surface area (Å²) in [4.78, 5) is 0. The summed E-state index contributed by atoms with van der Waals surface area (Å²) in [7, 11) is 0. The highest BCUT2D eigenvalue weighted by molar-refractivity contribution is 9.51. The fraction of sp³-hybridized carbons (Fsp3) is 1.00. The summed E-state index contributed by atoms with van der Waals surface area (Å²) < 4.78 is 0. The molecule has 0 spiro atoms. The van der Waals surface area contributed by atoms with E-state index in [2.05, 4.69) is 49.8 Å². The summed E-state index contributed by atoms with van der Waals surface area (Å²) in [5.41, 5.74) is 0. The van der Waals surface area contributed by atoms with Gasteiger partial charge < -0.3 is 0 Å². The van der Waals surface area contributed by atoms with E-state index in [0.717, 1.165) is 5.75 Å². The van der Waals surface area contributed by atoms with Gasteiger partial charge in [-0.25, -0.2) is 0 Å². The summed E-state index contributed by atoms with van der Waals surface area (Å²) in [6.45, 7) is 2.23. The van der Waals surface area contributed by atoms with Crippen molar-refractivity contribution in [3.8, 4) is 0 Å². The van der Waals surface area contributed by atoms with Crippen molar-refractivity contribution in [1.82, 2.24) is 0 Å². The van der Waals surface area contributed by atoms with Crippen LogP contribution in [0.2, 0.25) is 12.6 Å². The van der Waals surface area contributed by atoms with Crippen LogP contribution in [0.25, 0.3) is 0 Å². The van der Waals surface area contributed by atoms with Gasteiger partial charge in [-0.05, 0) is 18.2 Å². The van der Waals surface area contributed by atoms with Gasteiger partial charge in [-0.3, -0.25) is 0 Å². The summed E-state index contributed by atoms with van der Waals surface area (Å²) in [6, 6.07) is 1.26. The van der Waals surface area contributed by atoms with Crippen LogP contribution in [-0.4, -0.2) is 11.1 Å². The van der Waals surface area contributed by atoms with E-state index in [1.165, 1.54) is 12.5 Å². The topological polar surface area (TPSA) is 0 Å². The molecule has 50 valence electrons. The molecule has 0 radical (unpaired) electrons. The quantitative estimate of drug-likeness (QED) is 0.457. The zero-order valence-corrected chi connectivity index (χ0v) is 9.89. The van der Waals surface area contributed by atoms with Gasteiger partial charge in [0.25, 0.3) is 0 Å². The second kappa shape index (κ2) is 4.36. The highest BCUT2D eigenvalue weighted by Crippen LogP contribution is 2.25. The summed E-state index contributed by atoms with van der Waals surface area (Å²) in [5.74, 6) is 1.000. The Morgan fingerprint density at radius 3 is 2.12 bits per heavy atom. The lowest BCUT2D eigenvalue weighted by atomic mass is 10.6. The molecule has 0 saturated carbocycles. The zero-order valence-electron chi connectivity index (χ0n) is 4.82. The van der Waals surface area contributed by atoms with Crippen molar-refractivity contribution in [3.63, 3.8) is 0 Å². The van der Waals surface area contributed by atoms with Gasteiger partial charge in [-0.15, -0.1) is 30.6 Å². The average Bonchev–Trinajstić information content (AvgIpc) is 1.59. The first kappa shape index (κ1) is 9.53. The van der Waals surface area contributed by atoms with Gasteiger partial charge in [0.2, 0.25) is 0 Å². The highest BCUT2D eigenvalue weighted by atomic mass is 79.9. The Morgan fingerprint density at radius 2 is 2.00 bits per heavy atom. The number of halogens is 2. The van der Waals surface area contributed by atoms with Gasteiger partial charge in [0, 0.05) is 0 Å². The van der Waals surface area contributed by atoms with Crippen LogP contribution in [0.1, 0.15) is 6.42 Å². The van der Waals surface area contributed by atoms with E-state index >= 15 is 0 Å². The Hall–Kier alpha value is 1.53. The SMILES string of the molecule is C[Si](Br)(Br)CCCS. The first-order chi connectivity index (χ1) is 3.56. The van der Waals surface area contributed by atoms with E-state index in [-0.39, 0.29) is 0 Å². The molecule has 0 aliphatic rings. The first-order valence-corrected chi connectivity index (χ1v) is 10.4. The van der Waals surface area contributed by atoms with Gasteiger partial charge in [0.15, 0.2) is 5.31 Å². The zero-order chi connectivity index (χ0) is 6.62. The van der Waals surface area contributed by atoms with E-state index in [4.69, 9.17) is 0 Å². The van der Waals surface area contributed by atoms with Crippen molar-refractivity contribution in [3.05, 3.63) is 0 Å². The van der Waals surface area contributed by atoms with Crippen LogP contribution in [0, 0.1) is 0 Å². The van der Waals surface area contributed by atoms with Gasteiger partial charge in [-0.1, -0.05) is 6.55 Å². The van der Waals surface area contributed by atoms with E-state index in [1.807, 2.05) is 0 Å².